The number of rotatable bonds is 3. The number of hydrogen-bond donors (Lipinski definition) is 1. The van der Waals surface area contributed by atoms with Gasteiger partial charge >= 0.3 is 0 Å². The second kappa shape index (κ2) is 4.11. The summed E-state index contributed by atoms with van der Waals surface area (Å²) in [6.45, 7) is 0. The maximum atomic E-state index is 11.8. The molecule has 1 aliphatic carbocycles. The van der Waals surface area contributed by atoms with E-state index < -0.39 is 0 Å². The number of ether oxygens (including phenoxy) is 1. The lowest BCUT2D eigenvalue weighted by Gasteiger charge is -2.08. The highest BCUT2D eigenvalue weighted by Gasteiger charge is 2.25. The van der Waals surface area contributed by atoms with E-state index in [-0.39, 0.29) is 5.91 Å². The van der Waals surface area contributed by atoms with Crippen LogP contribution in [0.3, 0.4) is 0 Å². The average Bonchev–Trinajstić information content (AvgIpc) is 3.01. The van der Waals surface area contributed by atoms with Crippen molar-refractivity contribution in [2.45, 2.75) is 18.9 Å². The SMILES string of the molecule is COc1ccc(Cl)cc1C(=O)NC1CC1. The first-order valence-corrected chi connectivity index (χ1v) is 5.23. The molecule has 0 unspecified atom stereocenters. The summed E-state index contributed by atoms with van der Waals surface area (Å²) in [5.74, 6) is 0.439. The van der Waals surface area contributed by atoms with Crippen molar-refractivity contribution < 1.29 is 9.53 Å². The lowest BCUT2D eigenvalue weighted by atomic mass is 10.2. The van der Waals surface area contributed by atoms with Crippen LogP contribution in [0.1, 0.15) is 23.2 Å². The van der Waals surface area contributed by atoms with Gasteiger partial charge in [0, 0.05) is 11.1 Å². The summed E-state index contributed by atoms with van der Waals surface area (Å²) >= 11 is 5.83. The van der Waals surface area contributed by atoms with E-state index >= 15 is 0 Å². The molecule has 0 aromatic heterocycles. The third-order valence-electron chi connectivity index (χ3n) is 2.32. The van der Waals surface area contributed by atoms with Gasteiger partial charge in [-0.25, -0.2) is 0 Å². The number of carbonyl (C=O) groups excluding carboxylic acids is 1. The third kappa shape index (κ3) is 2.42. The van der Waals surface area contributed by atoms with Crippen LogP contribution in [0.25, 0.3) is 0 Å². The van der Waals surface area contributed by atoms with Gasteiger partial charge in [-0.1, -0.05) is 11.6 Å². The maximum absolute atomic E-state index is 11.8. The maximum Gasteiger partial charge on any atom is 0.255 e. The molecular formula is C11H12ClNO2. The summed E-state index contributed by atoms with van der Waals surface area (Å²) in [7, 11) is 1.54. The zero-order valence-corrected chi connectivity index (χ0v) is 9.17. The minimum atomic E-state index is -0.114. The number of amides is 1. The number of hydrogen-bond acceptors (Lipinski definition) is 2. The fraction of sp³-hybridized carbons (Fsp3) is 0.364. The Labute approximate surface area is 93.4 Å². The quantitative estimate of drug-likeness (QED) is 0.857. The number of halogens is 1. The summed E-state index contributed by atoms with van der Waals surface area (Å²) in [5.41, 5.74) is 0.497. The van der Waals surface area contributed by atoms with Gasteiger partial charge < -0.3 is 10.1 Å². The highest BCUT2D eigenvalue weighted by atomic mass is 35.5. The molecule has 1 amide bonds. The second-order valence-electron chi connectivity index (χ2n) is 3.59. The van der Waals surface area contributed by atoms with Gasteiger partial charge in [-0.05, 0) is 31.0 Å². The summed E-state index contributed by atoms with van der Waals surface area (Å²) < 4.78 is 5.10. The fourth-order valence-electron chi connectivity index (χ4n) is 1.35. The van der Waals surface area contributed by atoms with E-state index in [0.29, 0.717) is 22.4 Å². The van der Waals surface area contributed by atoms with Crippen LogP contribution in [0, 0.1) is 0 Å². The first-order valence-electron chi connectivity index (χ1n) is 4.85. The monoisotopic (exact) mass is 225 g/mol. The van der Waals surface area contributed by atoms with Crippen LogP contribution >= 0.6 is 11.6 Å². The Morgan fingerprint density at radius 3 is 2.87 bits per heavy atom. The van der Waals surface area contributed by atoms with Crippen LogP contribution in [-0.4, -0.2) is 19.1 Å². The molecule has 80 valence electrons. The molecule has 0 spiro atoms. The van der Waals surface area contributed by atoms with Crippen LogP contribution in [-0.2, 0) is 0 Å². The molecule has 1 aromatic carbocycles. The molecule has 0 atom stereocenters. The molecule has 4 heteroatoms. The normalized spacial score (nSPS) is 14.8. The van der Waals surface area contributed by atoms with E-state index in [1.54, 1.807) is 18.2 Å². The molecule has 1 N–H and O–H groups in total. The van der Waals surface area contributed by atoms with Crippen LogP contribution in [0.15, 0.2) is 18.2 Å². The van der Waals surface area contributed by atoms with Crippen molar-refractivity contribution >= 4 is 17.5 Å². The molecule has 2 rings (SSSR count). The van der Waals surface area contributed by atoms with Crippen LogP contribution < -0.4 is 10.1 Å². The summed E-state index contributed by atoms with van der Waals surface area (Å²) in [6.07, 6.45) is 2.13. The molecule has 3 nitrogen and oxygen atoms in total. The van der Waals surface area contributed by atoms with Crippen LogP contribution in [0.5, 0.6) is 5.75 Å². The molecular weight excluding hydrogens is 214 g/mol. The van der Waals surface area contributed by atoms with Crippen molar-refractivity contribution in [1.29, 1.82) is 0 Å². The topological polar surface area (TPSA) is 38.3 Å². The van der Waals surface area contributed by atoms with E-state index in [9.17, 15) is 4.79 Å². The predicted molar refractivity (Wildman–Crippen MR) is 58.5 cm³/mol. The minimum absolute atomic E-state index is 0.114. The van der Waals surface area contributed by atoms with E-state index in [1.165, 1.54) is 7.11 Å². The Kier molecular flexibility index (Phi) is 2.82. The van der Waals surface area contributed by atoms with Gasteiger partial charge in [-0.2, -0.15) is 0 Å². The Hall–Kier alpha value is -1.22. The highest BCUT2D eigenvalue weighted by Crippen LogP contribution is 2.25. The van der Waals surface area contributed by atoms with Crippen LogP contribution in [0.2, 0.25) is 5.02 Å². The van der Waals surface area contributed by atoms with Crippen molar-refractivity contribution in [1.82, 2.24) is 5.32 Å². The number of nitrogens with one attached hydrogen (secondary N) is 1. The van der Waals surface area contributed by atoms with Crippen molar-refractivity contribution in [3.05, 3.63) is 28.8 Å². The first-order chi connectivity index (χ1) is 7.20. The van der Waals surface area contributed by atoms with E-state index in [0.717, 1.165) is 12.8 Å². The Bertz CT molecular complexity index is 388. The standard InChI is InChI=1S/C11H12ClNO2/c1-15-10-5-2-7(12)6-9(10)11(14)13-8-3-4-8/h2,5-6,8H,3-4H2,1H3,(H,13,14). The number of methoxy groups -OCH3 is 1. The van der Waals surface area contributed by atoms with E-state index in [2.05, 4.69) is 5.32 Å². The van der Waals surface area contributed by atoms with Crippen LogP contribution in [0.4, 0.5) is 0 Å². The average molecular weight is 226 g/mol. The summed E-state index contributed by atoms with van der Waals surface area (Å²) in [5, 5.41) is 3.43. The van der Waals surface area contributed by atoms with Crippen molar-refractivity contribution in [2.75, 3.05) is 7.11 Å². The van der Waals surface area contributed by atoms with Crippen molar-refractivity contribution in [3.63, 3.8) is 0 Å². The van der Waals surface area contributed by atoms with Gasteiger partial charge in [0.25, 0.3) is 5.91 Å². The van der Waals surface area contributed by atoms with Gasteiger partial charge in [0.1, 0.15) is 5.75 Å². The molecule has 0 saturated heterocycles. The van der Waals surface area contributed by atoms with E-state index in [1.807, 2.05) is 0 Å². The molecule has 15 heavy (non-hydrogen) atoms. The van der Waals surface area contributed by atoms with Crippen molar-refractivity contribution in [2.24, 2.45) is 0 Å². The third-order valence-corrected chi connectivity index (χ3v) is 2.55. The van der Waals surface area contributed by atoms with E-state index in [4.69, 9.17) is 16.3 Å². The molecule has 0 bridgehead atoms. The van der Waals surface area contributed by atoms with Gasteiger partial charge in [-0.3, -0.25) is 4.79 Å². The molecule has 0 heterocycles. The molecule has 0 radical (unpaired) electrons. The molecule has 0 aliphatic heterocycles. The Balaban J connectivity index is 2.23. The molecule has 1 aliphatic rings. The minimum Gasteiger partial charge on any atom is -0.496 e. The van der Waals surface area contributed by atoms with Gasteiger partial charge in [0.15, 0.2) is 0 Å². The lowest BCUT2D eigenvalue weighted by molar-refractivity contribution is 0.0948. The smallest absolute Gasteiger partial charge is 0.255 e. The molecule has 1 fully saturated rings. The first kappa shape index (κ1) is 10.3. The fourth-order valence-corrected chi connectivity index (χ4v) is 1.52. The summed E-state index contributed by atoms with van der Waals surface area (Å²) in [6, 6.07) is 5.36. The van der Waals surface area contributed by atoms with Gasteiger partial charge in [-0.15, -0.1) is 0 Å². The van der Waals surface area contributed by atoms with Gasteiger partial charge in [0.2, 0.25) is 0 Å². The molecule has 1 saturated carbocycles. The van der Waals surface area contributed by atoms with Crippen molar-refractivity contribution in [3.8, 4) is 5.75 Å². The largest absolute Gasteiger partial charge is 0.496 e. The summed E-state index contributed by atoms with van der Waals surface area (Å²) in [4.78, 5) is 11.8. The Morgan fingerprint density at radius 1 is 1.53 bits per heavy atom. The number of benzene rings is 1. The lowest BCUT2D eigenvalue weighted by Crippen LogP contribution is -2.25. The number of carbonyl (C=O) groups is 1. The Morgan fingerprint density at radius 2 is 2.27 bits per heavy atom. The second-order valence-corrected chi connectivity index (χ2v) is 4.03. The predicted octanol–water partition coefficient (Wildman–Crippen LogP) is 2.24. The highest BCUT2D eigenvalue weighted by molar-refractivity contribution is 6.31. The zero-order chi connectivity index (χ0) is 10.8. The molecule has 1 aromatic rings. The zero-order valence-electron chi connectivity index (χ0n) is 8.42. The van der Waals surface area contributed by atoms with Gasteiger partial charge in [0.05, 0.1) is 12.7 Å².